The number of pyridine rings is 1. The largest absolute Gasteiger partial charge is 0.384 e. The van der Waals surface area contributed by atoms with Gasteiger partial charge in [-0.15, -0.1) is 0 Å². The number of aliphatic hydroxyl groups excluding tert-OH is 1. The number of hydrogen-bond acceptors (Lipinski definition) is 3. The molecule has 0 aliphatic rings. The van der Waals surface area contributed by atoms with Gasteiger partial charge in [-0.2, -0.15) is 0 Å². The van der Waals surface area contributed by atoms with Crippen LogP contribution in [0.25, 0.3) is 0 Å². The highest BCUT2D eigenvalue weighted by Gasteiger charge is 2.22. The lowest BCUT2D eigenvalue weighted by Crippen LogP contribution is -2.13. The van der Waals surface area contributed by atoms with E-state index in [4.69, 9.17) is 4.74 Å². The fourth-order valence-corrected chi connectivity index (χ4v) is 1.80. The van der Waals surface area contributed by atoms with Crippen molar-refractivity contribution < 1.29 is 9.84 Å². The first-order valence-corrected chi connectivity index (χ1v) is 5.49. The van der Waals surface area contributed by atoms with Crippen LogP contribution in [0.5, 0.6) is 0 Å². The Morgan fingerprint density at radius 1 is 1.06 bits per heavy atom. The SMILES string of the molecule is CO[C@@H](c1ccccc1)[C@@H](O)c1ccccn1. The Hall–Kier alpha value is -1.71. The number of hydrogen-bond donors (Lipinski definition) is 1. The van der Waals surface area contributed by atoms with Crippen molar-refractivity contribution in [1.82, 2.24) is 4.98 Å². The van der Waals surface area contributed by atoms with Gasteiger partial charge in [0, 0.05) is 13.3 Å². The maximum Gasteiger partial charge on any atom is 0.126 e. The molecule has 0 spiro atoms. The Balaban J connectivity index is 2.25. The Morgan fingerprint density at radius 3 is 2.35 bits per heavy atom. The van der Waals surface area contributed by atoms with Gasteiger partial charge < -0.3 is 9.84 Å². The Bertz CT molecular complexity index is 444. The second-order valence-corrected chi connectivity index (χ2v) is 3.77. The van der Waals surface area contributed by atoms with E-state index in [-0.39, 0.29) is 0 Å². The molecule has 3 heteroatoms. The first kappa shape index (κ1) is 11.8. The van der Waals surface area contributed by atoms with Crippen LogP contribution < -0.4 is 0 Å². The molecule has 1 aromatic carbocycles. The summed E-state index contributed by atoms with van der Waals surface area (Å²) in [4.78, 5) is 4.14. The monoisotopic (exact) mass is 229 g/mol. The molecule has 88 valence electrons. The Labute approximate surface area is 101 Å². The predicted molar refractivity (Wildman–Crippen MR) is 65.4 cm³/mol. The van der Waals surface area contributed by atoms with Gasteiger partial charge in [0.05, 0.1) is 5.69 Å². The zero-order valence-electron chi connectivity index (χ0n) is 9.65. The quantitative estimate of drug-likeness (QED) is 0.875. The molecule has 1 N–H and O–H groups in total. The summed E-state index contributed by atoms with van der Waals surface area (Å²) in [7, 11) is 1.59. The van der Waals surface area contributed by atoms with Crippen molar-refractivity contribution in [1.29, 1.82) is 0 Å². The molecule has 1 heterocycles. The minimum absolute atomic E-state index is 0.397. The van der Waals surface area contributed by atoms with E-state index < -0.39 is 12.2 Å². The van der Waals surface area contributed by atoms with E-state index in [1.54, 1.807) is 19.4 Å². The van der Waals surface area contributed by atoms with Gasteiger partial charge in [0.25, 0.3) is 0 Å². The van der Waals surface area contributed by atoms with Gasteiger partial charge in [-0.3, -0.25) is 4.98 Å². The highest BCUT2D eigenvalue weighted by molar-refractivity contribution is 5.21. The van der Waals surface area contributed by atoms with Crippen molar-refractivity contribution in [2.45, 2.75) is 12.2 Å². The normalized spacial score (nSPS) is 14.2. The smallest absolute Gasteiger partial charge is 0.126 e. The summed E-state index contributed by atoms with van der Waals surface area (Å²) >= 11 is 0. The maximum atomic E-state index is 10.2. The second-order valence-electron chi connectivity index (χ2n) is 3.77. The molecular weight excluding hydrogens is 214 g/mol. The first-order valence-electron chi connectivity index (χ1n) is 5.49. The average Bonchev–Trinajstić information content (AvgIpc) is 2.42. The Morgan fingerprint density at radius 2 is 1.76 bits per heavy atom. The van der Waals surface area contributed by atoms with Crippen LogP contribution in [-0.4, -0.2) is 17.2 Å². The van der Waals surface area contributed by atoms with E-state index in [9.17, 15) is 5.11 Å². The number of rotatable bonds is 4. The molecule has 0 bridgehead atoms. The number of ether oxygens (including phenoxy) is 1. The second kappa shape index (κ2) is 5.57. The topological polar surface area (TPSA) is 42.4 Å². The molecule has 0 amide bonds. The number of benzene rings is 1. The maximum absolute atomic E-state index is 10.2. The van der Waals surface area contributed by atoms with Crippen LogP contribution in [0.3, 0.4) is 0 Å². The molecule has 2 aromatic rings. The molecule has 0 unspecified atom stereocenters. The third-order valence-electron chi connectivity index (χ3n) is 2.66. The average molecular weight is 229 g/mol. The molecule has 3 nitrogen and oxygen atoms in total. The summed E-state index contributed by atoms with van der Waals surface area (Å²) in [5.74, 6) is 0. The minimum Gasteiger partial charge on any atom is -0.384 e. The van der Waals surface area contributed by atoms with Crippen LogP contribution in [-0.2, 0) is 4.74 Å². The van der Waals surface area contributed by atoms with Gasteiger partial charge in [-0.1, -0.05) is 36.4 Å². The van der Waals surface area contributed by atoms with Gasteiger partial charge in [0.1, 0.15) is 12.2 Å². The van der Waals surface area contributed by atoms with Crippen LogP contribution in [0.1, 0.15) is 23.5 Å². The van der Waals surface area contributed by atoms with Gasteiger partial charge in [0.15, 0.2) is 0 Å². The molecule has 2 rings (SSSR count). The number of nitrogens with zero attached hydrogens (tertiary/aromatic N) is 1. The van der Waals surface area contributed by atoms with E-state index >= 15 is 0 Å². The van der Waals surface area contributed by atoms with Gasteiger partial charge in [0.2, 0.25) is 0 Å². The zero-order valence-corrected chi connectivity index (χ0v) is 9.65. The van der Waals surface area contributed by atoms with E-state index in [2.05, 4.69) is 4.98 Å². The number of aromatic nitrogens is 1. The lowest BCUT2D eigenvalue weighted by Gasteiger charge is -2.21. The lowest BCUT2D eigenvalue weighted by molar-refractivity contribution is -0.0170. The molecule has 17 heavy (non-hydrogen) atoms. The molecule has 0 saturated carbocycles. The molecule has 0 fully saturated rings. The summed E-state index contributed by atoms with van der Waals surface area (Å²) in [6, 6.07) is 15.1. The summed E-state index contributed by atoms with van der Waals surface area (Å²) < 4.78 is 5.36. The Kier molecular flexibility index (Phi) is 3.85. The summed E-state index contributed by atoms with van der Waals surface area (Å²) in [5.41, 5.74) is 1.55. The number of methoxy groups -OCH3 is 1. The van der Waals surface area contributed by atoms with Crippen molar-refractivity contribution in [2.24, 2.45) is 0 Å². The third-order valence-corrected chi connectivity index (χ3v) is 2.66. The van der Waals surface area contributed by atoms with E-state index in [0.717, 1.165) is 5.56 Å². The molecule has 1 aromatic heterocycles. The van der Waals surface area contributed by atoms with E-state index in [1.165, 1.54) is 0 Å². The van der Waals surface area contributed by atoms with Crippen LogP contribution >= 0.6 is 0 Å². The highest BCUT2D eigenvalue weighted by Crippen LogP contribution is 2.29. The molecule has 0 radical (unpaired) electrons. The van der Waals surface area contributed by atoms with Crippen LogP contribution in [0.15, 0.2) is 54.7 Å². The van der Waals surface area contributed by atoms with E-state index in [1.807, 2.05) is 42.5 Å². The summed E-state index contributed by atoms with van der Waals surface area (Å²) in [6.07, 6.45) is 0.505. The molecule has 0 aliphatic carbocycles. The summed E-state index contributed by atoms with van der Waals surface area (Å²) in [6.45, 7) is 0. The molecular formula is C14H15NO2. The molecule has 0 saturated heterocycles. The van der Waals surface area contributed by atoms with Crippen molar-refractivity contribution in [3.8, 4) is 0 Å². The highest BCUT2D eigenvalue weighted by atomic mass is 16.5. The molecule has 2 atom stereocenters. The minimum atomic E-state index is -0.761. The lowest BCUT2D eigenvalue weighted by atomic mass is 10.0. The van der Waals surface area contributed by atoms with Crippen molar-refractivity contribution in [2.75, 3.05) is 7.11 Å². The first-order chi connectivity index (χ1) is 8.33. The van der Waals surface area contributed by atoms with Crippen LogP contribution in [0.4, 0.5) is 0 Å². The van der Waals surface area contributed by atoms with E-state index in [0.29, 0.717) is 5.69 Å². The van der Waals surface area contributed by atoms with Crippen LogP contribution in [0, 0.1) is 0 Å². The van der Waals surface area contributed by atoms with Crippen LogP contribution in [0.2, 0.25) is 0 Å². The fraction of sp³-hybridized carbons (Fsp3) is 0.214. The zero-order chi connectivity index (χ0) is 12.1. The van der Waals surface area contributed by atoms with Gasteiger partial charge in [-0.25, -0.2) is 0 Å². The van der Waals surface area contributed by atoms with Crippen molar-refractivity contribution in [3.05, 3.63) is 66.0 Å². The standard InChI is InChI=1S/C14H15NO2/c1-17-14(11-7-3-2-4-8-11)13(16)12-9-5-6-10-15-12/h2-10,13-14,16H,1H3/t13-,14-/m0/s1. The van der Waals surface area contributed by atoms with Gasteiger partial charge >= 0.3 is 0 Å². The number of aliphatic hydroxyl groups is 1. The third kappa shape index (κ3) is 2.70. The summed E-state index contributed by atoms with van der Waals surface area (Å²) in [5, 5.41) is 10.2. The van der Waals surface area contributed by atoms with Gasteiger partial charge in [-0.05, 0) is 17.7 Å². The fourth-order valence-electron chi connectivity index (χ4n) is 1.80. The van der Waals surface area contributed by atoms with Crippen molar-refractivity contribution >= 4 is 0 Å². The molecule has 0 aliphatic heterocycles. The predicted octanol–water partition coefficient (Wildman–Crippen LogP) is 2.50. The van der Waals surface area contributed by atoms with Crippen molar-refractivity contribution in [3.63, 3.8) is 0 Å².